The van der Waals surface area contributed by atoms with Gasteiger partial charge >= 0.3 is 0 Å². The number of nitrogens with two attached hydrogens (primary N) is 1. The fourth-order valence-corrected chi connectivity index (χ4v) is 3.08. The first kappa shape index (κ1) is 15.5. The lowest BCUT2D eigenvalue weighted by Crippen LogP contribution is -2.14. The largest absolute Gasteiger partial charge is 0.326 e. The molecule has 21 heavy (non-hydrogen) atoms. The molecule has 0 radical (unpaired) electrons. The molecule has 0 bridgehead atoms. The summed E-state index contributed by atoms with van der Waals surface area (Å²) in [6, 6.07) is 2.52. The van der Waals surface area contributed by atoms with Gasteiger partial charge in [-0.1, -0.05) is 0 Å². The quantitative estimate of drug-likeness (QED) is 0.877. The van der Waals surface area contributed by atoms with Gasteiger partial charge in [0.05, 0.1) is 16.8 Å². The van der Waals surface area contributed by atoms with Crippen molar-refractivity contribution in [1.29, 1.82) is 0 Å². The van der Waals surface area contributed by atoms with Gasteiger partial charge in [0.1, 0.15) is 5.82 Å². The minimum Gasteiger partial charge on any atom is -0.326 e. The Labute approximate surface area is 122 Å². The summed E-state index contributed by atoms with van der Waals surface area (Å²) in [6.07, 6.45) is 3.00. The van der Waals surface area contributed by atoms with E-state index in [1.54, 1.807) is 10.9 Å². The number of sulfonamides is 1. The zero-order valence-electron chi connectivity index (χ0n) is 11.8. The zero-order valence-corrected chi connectivity index (χ0v) is 12.6. The van der Waals surface area contributed by atoms with Crippen LogP contribution in [0.5, 0.6) is 0 Å². The molecule has 0 fully saturated rings. The number of nitrogens with one attached hydrogen (secondary N) is 1. The number of benzene rings is 1. The van der Waals surface area contributed by atoms with Crippen LogP contribution in [0.25, 0.3) is 0 Å². The van der Waals surface area contributed by atoms with Crippen LogP contribution in [0.4, 0.5) is 10.1 Å². The van der Waals surface area contributed by atoms with Crippen LogP contribution in [0, 0.1) is 12.7 Å². The Morgan fingerprint density at radius 2 is 2.14 bits per heavy atom. The molecule has 2 rings (SSSR count). The summed E-state index contributed by atoms with van der Waals surface area (Å²) in [7, 11) is -3.81. The number of hydrogen-bond acceptors (Lipinski definition) is 4. The summed E-state index contributed by atoms with van der Waals surface area (Å²) in [5, 5.41) is 3.99. The lowest BCUT2D eigenvalue weighted by atomic mass is 10.1. The summed E-state index contributed by atoms with van der Waals surface area (Å²) in [5.74, 6) is -0.477. The van der Waals surface area contributed by atoms with E-state index in [0.29, 0.717) is 12.2 Å². The van der Waals surface area contributed by atoms with Crippen LogP contribution in [0.1, 0.15) is 18.1 Å². The first-order valence-electron chi connectivity index (χ1n) is 6.41. The van der Waals surface area contributed by atoms with Crippen molar-refractivity contribution in [2.45, 2.75) is 31.8 Å². The van der Waals surface area contributed by atoms with E-state index in [9.17, 15) is 12.8 Å². The molecule has 0 aliphatic rings. The van der Waals surface area contributed by atoms with E-state index in [-0.39, 0.29) is 22.6 Å². The van der Waals surface area contributed by atoms with E-state index in [0.717, 1.165) is 0 Å². The second-order valence-electron chi connectivity index (χ2n) is 4.61. The van der Waals surface area contributed by atoms with Crippen LogP contribution in [0.3, 0.4) is 0 Å². The molecule has 6 nitrogen and oxygen atoms in total. The molecule has 2 aromatic rings. The van der Waals surface area contributed by atoms with Crippen molar-refractivity contribution in [3.05, 3.63) is 41.5 Å². The van der Waals surface area contributed by atoms with Crippen molar-refractivity contribution in [3.8, 4) is 0 Å². The summed E-state index contributed by atoms with van der Waals surface area (Å²) in [5.41, 5.74) is 6.20. The second-order valence-corrected chi connectivity index (χ2v) is 6.29. The van der Waals surface area contributed by atoms with Gasteiger partial charge in [-0.25, -0.2) is 12.8 Å². The van der Waals surface area contributed by atoms with Gasteiger partial charge < -0.3 is 5.73 Å². The molecule has 0 aliphatic heterocycles. The predicted octanol–water partition coefficient (Wildman–Crippen LogP) is 1.61. The van der Waals surface area contributed by atoms with Crippen molar-refractivity contribution in [3.63, 3.8) is 0 Å². The van der Waals surface area contributed by atoms with Gasteiger partial charge in [-0.3, -0.25) is 9.40 Å². The van der Waals surface area contributed by atoms with Gasteiger partial charge in [0.15, 0.2) is 0 Å². The normalized spacial score (nSPS) is 11.6. The van der Waals surface area contributed by atoms with Crippen molar-refractivity contribution < 1.29 is 12.8 Å². The van der Waals surface area contributed by atoms with E-state index in [4.69, 9.17) is 5.73 Å². The van der Waals surface area contributed by atoms with Crippen LogP contribution < -0.4 is 10.5 Å². The highest BCUT2D eigenvalue weighted by molar-refractivity contribution is 7.92. The third-order valence-electron chi connectivity index (χ3n) is 3.04. The van der Waals surface area contributed by atoms with E-state index in [1.807, 2.05) is 6.92 Å². The Balaban J connectivity index is 2.37. The summed E-state index contributed by atoms with van der Waals surface area (Å²) >= 11 is 0. The SMILES string of the molecule is CCn1cc(NS(=O)(=O)c2cc(C)c(F)c(CN)c2)cn1. The summed E-state index contributed by atoms with van der Waals surface area (Å²) < 4.78 is 42.4. The fraction of sp³-hybridized carbons (Fsp3) is 0.308. The van der Waals surface area contributed by atoms with Crippen LogP contribution in [0.15, 0.2) is 29.4 Å². The number of halogens is 1. The van der Waals surface area contributed by atoms with E-state index in [2.05, 4.69) is 9.82 Å². The first-order valence-corrected chi connectivity index (χ1v) is 7.90. The predicted molar refractivity (Wildman–Crippen MR) is 77.7 cm³/mol. The molecular weight excluding hydrogens is 295 g/mol. The van der Waals surface area contributed by atoms with Gasteiger partial charge in [0, 0.05) is 24.8 Å². The van der Waals surface area contributed by atoms with Crippen LogP contribution >= 0.6 is 0 Å². The molecule has 3 N–H and O–H groups in total. The number of rotatable bonds is 5. The standard InChI is InChI=1S/C13H17FN4O2S/c1-3-18-8-11(7-16-18)17-21(19,20)12-4-9(2)13(14)10(5-12)6-15/h4-5,7-8,17H,3,6,15H2,1-2H3. The number of hydrogen-bond donors (Lipinski definition) is 2. The smallest absolute Gasteiger partial charge is 0.262 e. The lowest BCUT2D eigenvalue weighted by Gasteiger charge is -2.10. The van der Waals surface area contributed by atoms with Crippen molar-refractivity contribution in [1.82, 2.24) is 9.78 Å². The van der Waals surface area contributed by atoms with E-state index < -0.39 is 15.8 Å². The maximum absolute atomic E-state index is 13.7. The number of aromatic nitrogens is 2. The molecule has 0 spiro atoms. The van der Waals surface area contributed by atoms with Crippen LogP contribution in [-0.2, 0) is 23.1 Å². The van der Waals surface area contributed by atoms with Crippen molar-refractivity contribution in [2.24, 2.45) is 5.73 Å². The number of aryl methyl sites for hydroxylation is 2. The molecular formula is C13H17FN4O2S. The molecule has 8 heteroatoms. The summed E-state index contributed by atoms with van der Waals surface area (Å²) in [6.45, 7) is 3.96. The Morgan fingerprint density at radius 3 is 2.71 bits per heavy atom. The van der Waals surface area contributed by atoms with Gasteiger partial charge in [-0.15, -0.1) is 0 Å². The first-order chi connectivity index (χ1) is 9.87. The topological polar surface area (TPSA) is 90.0 Å². The second kappa shape index (κ2) is 5.82. The molecule has 0 saturated carbocycles. The monoisotopic (exact) mass is 312 g/mol. The van der Waals surface area contributed by atoms with Crippen LogP contribution in [-0.4, -0.2) is 18.2 Å². The average Bonchev–Trinajstić information content (AvgIpc) is 2.88. The molecule has 0 saturated heterocycles. The van der Waals surface area contributed by atoms with Gasteiger partial charge in [-0.2, -0.15) is 5.10 Å². The Hall–Kier alpha value is -1.93. The third-order valence-corrected chi connectivity index (χ3v) is 4.40. The summed E-state index contributed by atoms with van der Waals surface area (Å²) in [4.78, 5) is -0.0221. The molecule has 1 heterocycles. The molecule has 1 aromatic carbocycles. The fourth-order valence-electron chi connectivity index (χ4n) is 1.91. The lowest BCUT2D eigenvalue weighted by molar-refractivity contribution is 0.592. The molecule has 114 valence electrons. The molecule has 0 aliphatic carbocycles. The number of nitrogens with zero attached hydrogens (tertiary/aromatic N) is 2. The highest BCUT2D eigenvalue weighted by atomic mass is 32.2. The molecule has 1 aromatic heterocycles. The maximum atomic E-state index is 13.7. The minimum absolute atomic E-state index is 0.0221. The van der Waals surface area contributed by atoms with Crippen molar-refractivity contribution >= 4 is 15.7 Å². The van der Waals surface area contributed by atoms with Gasteiger partial charge in [-0.05, 0) is 31.5 Å². The zero-order chi connectivity index (χ0) is 15.6. The molecule has 0 amide bonds. The van der Waals surface area contributed by atoms with E-state index >= 15 is 0 Å². The highest BCUT2D eigenvalue weighted by Crippen LogP contribution is 2.21. The van der Waals surface area contributed by atoms with Gasteiger partial charge in [0.25, 0.3) is 10.0 Å². The van der Waals surface area contributed by atoms with Crippen molar-refractivity contribution in [2.75, 3.05) is 4.72 Å². The Bertz CT molecular complexity index is 756. The third kappa shape index (κ3) is 3.22. The van der Waals surface area contributed by atoms with Gasteiger partial charge in [0.2, 0.25) is 0 Å². The number of anilines is 1. The van der Waals surface area contributed by atoms with Crippen LogP contribution in [0.2, 0.25) is 0 Å². The molecule has 0 unspecified atom stereocenters. The average molecular weight is 312 g/mol. The highest BCUT2D eigenvalue weighted by Gasteiger charge is 2.18. The van der Waals surface area contributed by atoms with E-state index in [1.165, 1.54) is 25.3 Å². The minimum atomic E-state index is -3.81. The Morgan fingerprint density at radius 1 is 1.43 bits per heavy atom. The molecule has 0 atom stereocenters. The Kier molecular flexibility index (Phi) is 4.29. The maximum Gasteiger partial charge on any atom is 0.262 e.